The van der Waals surface area contributed by atoms with Crippen LogP contribution in [0, 0.1) is 0 Å². The van der Waals surface area contributed by atoms with Crippen molar-refractivity contribution < 1.29 is 4.42 Å². The van der Waals surface area contributed by atoms with Gasteiger partial charge in [0.2, 0.25) is 5.89 Å². The van der Waals surface area contributed by atoms with Crippen molar-refractivity contribution in [1.82, 2.24) is 19.7 Å². The van der Waals surface area contributed by atoms with Crippen LogP contribution in [-0.2, 0) is 13.0 Å². The Kier molecular flexibility index (Phi) is 6.27. The fourth-order valence-corrected chi connectivity index (χ4v) is 3.86. The van der Waals surface area contributed by atoms with Gasteiger partial charge in [-0.15, -0.1) is 10.2 Å². The Morgan fingerprint density at radius 2 is 1.86 bits per heavy atom. The molecule has 4 rings (SSSR count). The number of rotatable bonds is 8. The van der Waals surface area contributed by atoms with Crippen LogP contribution in [-0.4, -0.2) is 25.5 Å². The van der Waals surface area contributed by atoms with Gasteiger partial charge in [0, 0.05) is 17.3 Å². The first-order valence-electron chi connectivity index (χ1n) is 9.33. The predicted molar refractivity (Wildman–Crippen MR) is 115 cm³/mol. The Balaban J connectivity index is 1.24. The minimum absolute atomic E-state index is 0.00648. The average molecular weight is 427 g/mol. The maximum absolute atomic E-state index is 12.5. The molecule has 0 unspecified atom stereocenters. The molecule has 0 saturated heterocycles. The van der Waals surface area contributed by atoms with E-state index in [-0.39, 0.29) is 5.56 Å². The Labute approximate surface area is 176 Å². The lowest BCUT2D eigenvalue weighted by molar-refractivity contribution is 0.420. The summed E-state index contributed by atoms with van der Waals surface area (Å²) in [5, 5.41) is 10.1. The highest BCUT2D eigenvalue weighted by Gasteiger charge is 2.08. The average Bonchev–Trinajstić information content (AvgIpc) is 3.18. The molecular weight excluding hydrogens is 408 g/mol. The standard InChI is InChI=1S/C21H19ClN4O2S/c22-16-9-7-15(8-10-16)13-19-24-25-21(28-19)29-12-4-3-11-26-14-23-18-6-2-1-5-17(18)20(26)27/h1-2,5-10,14H,3-4,11-13H2. The molecule has 2 heterocycles. The van der Waals surface area contributed by atoms with E-state index in [2.05, 4.69) is 15.2 Å². The van der Waals surface area contributed by atoms with Crippen molar-refractivity contribution in [1.29, 1.82) is 0 Å². The molecule has 0 aliphatic carbocycles. The number of hydrogen-bond donors (Lipinski definition) is 0. The minimum Gasteiger partial charge on any atom is -0.416 e. The molecule has 0 N–H and O–H groups in total. The number of hydrogen-bond acceptors (Lipinski definition) is 6. The Hall–Kier alpha value is -2.64. The molecule has 0 amide bonds. The van der Waals surface area contributed by atoms with Crippen molar-refractivity contribution in [3.63, 3.8) is 0 Å². The van der Waals surface area contributed by atoms with Gasteiger partial charge in [0.15, 0.2) is 0 Å². The van der Waals surface area contributed by atoms with Crippen molar-refractivity contribution >= 4 is 34.3 Å². The number of halogens is 1. The molecule has 0 atom stereocenters. The Morgan fingerprint density at radius 3 is 2.72 bits per heavy atom. The zero-order valence-electron chi connectivity index (χ0n) is 15.6. The lowest BCUT2D eigenvalue weighted by atomic mass is 10.1. The molecule has 2 aromatic heterocycles. The van der Waals surface area contributed by atoms with Crippen LogP contribution in [0.3, 0.4) is 0 Å². The highest BCUT2D eigenvalue weighted by molar-refractivity contribution is 7.99. The van der Waals surface area contributed by atoms with E-state index in [1.165, 1.54) is 11.8 Å². The molecule has 2 aromatic carbocycles. The number of aromatic nitrogens is 4. The van der Waals surface area contributed by atoms with Crippen LogP contribution >= 0.6 is 23.4 Å². The topological polar surface area (TPSA) is 73.8 Å². The molecule has 0 saturated carbocycles. The van der Waals surface area contributed by atoms with Gasteiger partial charge in [-0.1, -0.05) is 47.6 Å². The Bertz CT molecular complexity index is 1160. The summed E-state index contributed by atoms with van der Waals surface area (Å²) >= 11 is 7.43. The number of nitrogens with zero attached hydrogens (tertiary/aromatic N) is 4. The number of thioether (sulfide) groups is 1. The van der Waals surface area contributed by atoms with Crippen molar-refractivity contribution in [2.24, 2.45) is 0 Å². The molecule has 0 spiro atoms. The summed E-state index contributed by atoms with van der Waals surface area (Å²) in [6.45, 7) is 0.642. The van der Waals surface area contributed by atoms with E-state index < -0.39 is 0 Å². The maximum atomic E-state index is 12.5. The zero-order chi connectivity index (χ0) is 20.1. The molecule has 6 nitrogen and oxygen atoms in total. The number of benzene rings is 2. The van der Waals surface area contributed by atoms with Crippen LogP contribution in [0.5, 0.6) is 0 Å². The Morgan fingerprint density at radius 1 is 1.03 bits per heavy atom. The molecular formula is C21H19ClN4O2S. The third-order valence-electron chi connectivity index (χ3n) is 4.47. The van der Waals surface area contributed by atoms with Gasteiger partial charge in [-0.3, -0.25) is 9.36 Å². The fourth-order valence-electron chi connectivity index (χ4n) is 2.95. The second-order valence-electron chi connectivity index (χ2n) is 6.58. The first-order chi connectivity index (χ1) is 14.2. The van der Waals surface area contributed by atoms with Gasteiger partial charge in [0.25, 0.3) is 10.8 Å². The number of fused-ring (bicyclic) bond motifs is 1. The van der Waals surface area contributed by atoms with E-state index in [9.17, 15) is 4.79 Å². The van der Waals surface area contributed by atoms with Crippen LogP contribution in [0.2, 0.25) is 5.02 Å². The summed E-state index contributed by atoms with van der Waals surface area (Å²) < 4.78 is 7.36. The van der Waals surface area contributed by atoms with Gasteiger partial charge < -0.3 is 4.42 Å². The molecule has 4 aromatic rings. The predicted octanol–water partition coefficient (Wildman–Crippen LogP) is 4.60. The van der Waals surface area contributed by atoms with Crippen molar-refractivity contribution in [3.8, 4) is 0 Å². The summed E-state index contributed by atoms with van der Waals surface area (Å²) in [7, 11) is 0. The SMILES string of the molecule is O=c1c2ccccc2ncn1CCCCSc1nnc(Cc2ccc(Cl)cc2)o1. The lowest BCUT2D eigenvalue weighted by Crippen LogP contribution is -2.20. The van der Waals surface area contributed by atoms with Crippen LogP contribution in [0.25, 0.3) is 10.9 Å². The summed E-state index contributed by atoms with van der Waals surface area (Å²) in [5.74, 6) is 1.43. The number of para-hydroxylation sites is 1. The molecule has 0 bridgehead atoms. The quantitative estimate of drug-likeness (QED) is 0.303. The molecule has 0 fully saturated rings. The van der Waals surface area contributed by atoms with E-state index in [1.807, 2.05) is 48.5 Å². The highest BCUT2D eigenvalue weighted by Crippen LogP contribution is 2.20. The summed E-state index contributed by atoms with van der Waals surface area (Å²) in [5.41, 5.74) is 1.81. The molecule has 0 radical (unpaired) electrons. The van der Waals surface area contributed by atoms with Gasteiger partial charge in [0.05, 0.1) is 23.7 Å². The first kappa shape index (κ1) is 19.7. The second-order valence-corrected chi connectivity index (χ2v) is 8.06. The smallest absolute Gasteiger partial charge is 0.276 e. The maximum Gasteiger partial charge on any atom is 0.276 e. The van der Waals surface area contributed by atoms with Gasteiger partial charge in [0.1, 0.15) is 0 Å². The van der Waals surface area contributed by atoms with Crippen molar-refractivity contribution in [2.45, 2.75) is 31.0 Å². The monoisotopic (exact) mass is 426 g/mol. The number of aryl methyl sites for hydroxylation is 1. The van der Waals surface area contributed by atoms with E-state index in [0.717, 1.165) is 29.7 Å². The lowest BCUT2D eigenvalue weighted by Gasteiger charge is -2.06. The third-order valence-corrected chi connectivity index (χ3v) is 5.62. The highest BCUT2D eigenvalue weighted by atomic mass is 35.5. The molecule has 8 heteroatoms. The van der Waals surface area contributed by atoms with Gasteiger partial charge in [-0.05, 0) is 42.7 Å². The van der Waals surface area contributed by atoms with Crippen LogP contribution in [0.4, 0.5) is 0 Å². The number of unbranched alkanes of at least 4 members (excludes halogenated alkanes) is 1. The summed E-state index contributed by atoms with van der Waals surface area (Å²) in [6, 6.07) is 15.0. The van der Waals surface area contributed by atoms with Gasteiger partial charge >= 0.3 is 0 Å². The third kappa shape index (κ3) is 5.05. The summed E-state index contributed by atoms with van der Waals surface area (Å²) in [4.78, 5) is 16.8. The van der Waals surface area contributed by atoms with Crippen molar-refractivity contribution in [3.05, 3.63) is 81.7 Å². The molecule has 0 aliphatic heterocycles. The zero-order valence-corrected chi connectivity index (χ0v) is 17.2. The van der Waals surface area contributed by atoms with Crippen LogP contribution in [0.15, 0.2) is 69.3 Å². The molecule has 0 aliphatic rings. The van der Waals surface area contributed by atoms with Crippen LogP contribution < -0.4 is 5.56 Å². The summed E-state index contributed by atoms with van der Waals surface area (Å²) in [6.07, 6.45) is 4.01. The second kappa shape index (κ2) is 9.24. The van der Waals surface area contributed by atoms with Crippen molar-refractivity contribution in [2.75, 3.05) is 5.75 Å². The normalized spacial score (nSPS) is 11.2. The minimum atomic E-state index is 0.00648. The molecule has 148 valence electrons. The van der Waals surface area contributed by atoms with E-state index in [1.54, 1.807) is 10.9 Å². The first-order valence-corrected chi connectivity index (χ1v) is 10.7. The molecule has 29 heavy (non-hydrogen) atoms. The largest absolute Gasteiger partial charge is 0.416 e. The van der Waals surface area contributed by atoms with E-state index >= 15 is 0 Å². The van der Waals surface area contributed by atoms with E-state index in [4.69, 9.17) is 16.0 Å². The van der Waals surface area contributed by atoms with E-state index in [0.29, 0.717) is 34.5 Å². The van der Waals surface area contributed by atoms with Gasteiger partial charge in [-0.2, -0.15) is 0 Å². The van der Waals surface area contributed by atoms with Gasteiger partial charge in [-0.25, -0.2) is 4.98 Å². The fraction of sp³-hybridized carbons (Fsp3) is 0.238. The van der Waals surface area contributed by atoms with Crippen LogP contribution in [0.1, 0.15) is 24.3 Å².